The number of nitrogens with one attached hydrogen (secondary N) is 2. The van der Waals surface area contributed by atoms with Gasteiger partial charge < -0.3 is 10.4 Å². The first-order valence-corrected chi connectivity index (χ1v) is 6.06. The van der Waals surface area contributed by atoms with Gasteiger partial charge in [0.15, 0.2) is 0 Å². The van der Waals surface area contributed by atoms with Gasteiger partial charge in [-0.2, -0.15) is 0 Å². The zero-order valence-corrected chi connectivity index (χ0v) is 10.5. The first-order valence-electron chi connectivity index (χ1n) is 6.06. The van der Waals surface area contributed by atoms with Crippen LogP contribution in [0, 0.1) is 5.82 Å². The maximum Gasteiger partial charge on any atom is 0.307 e. The third-order valence-electron chi connectivity index (χ3n) is 2.97. The van der Waals surface area contributed by atoms with E-state index < -0.39 is 30.2 Å². The van der Waals surface area contributed by atoms with Crippen LogP contribution in [0.25, 0.3) is 0 Å². The molecule has 1 saturated heterocycles. The number of piperidine rings is 1. The maximum absolute atomic E-state index is 13.7. The number of benzene rings is 1. The predicted molar refractivity (Wildman–Crippen MR) is 67.5 cm³/mol. The summed E-state index contributed by atoms with van der Waals surface area (Å²) in [6.07, 6.45) is 0.163. The highest BCUT2D eigenvalue weighted by molar-refractivity contribution is 6.01. The Kier molecular flexibility index (Phi) is 3.97. The highest BCUT2D eigenvalue weighted by atomic mass is 19.1. The smallest absolute Gasteiger partial charge is 0.307 e. The lowest BCUT2D eigenvalue weighted by atomic mass is 10.1. The predicted octanol–water partition coefficient (Wildman–Crippen LogP) is 0.670. The molecule has 1 fully saturated rings. The number of aliphatic carboxylic acids is 1. The van der Waals surface area contributed by atoms with Crippen molar-refractivity contribution in [2.24, 2.45) is 0 Å². The molecule has 1 aliphatic heterocycles. The van der Waals surface area contributed by atoms with E-state index in [4.69, 9.17) is 5.11 Å². The van der Waals surface area contributed by atoms with Gasteiger partial charge in [-0.05, 0) is 24.1 Å². The number of imide groups is 1. The highest BCUT2D eigenvalue weighted by Gasteiger charge is 2.26. The molecule has 1 atom stereocenters. The summed E-state index contributed by atoms with van der Waals surface area (Å²) < 4.78 is 13.7. The number of anilines is 1. The molecular formula is C13H13FN2O4. The van der Waals surface area contributed by atoms with Crippen molar-refractivity contribution in [2.45, 2.75) is 25.3 Å². The van der Waals surface area contributed by atoms with Crippen LogP contribution in [0.1, 0.15) is 18.4 Å². The van der Waals surface area contributed by atoms with Gasteiger partial charge in [-0.15, -0.1) is 0 Å². The Morgan fingerprint density at radius 1 is 1.45 bits per heavy atom. The zero-order valence-electron chi connectivity index (χ0n) is 10.5. The number of carbonyl (C=O) groups is 3. The molecule has 1 heterocycles. The van der Waals surface area contributed by atoms with Crippen LogP contribution < -0.4 is 10.6 Å². The van der Waals surface area contributed by atoms with Crippen LogP contribution in [0.15, 0.2) is 18.2 Å². The molecule has 0 bridgehead atoms. The Morgan fingerprint density at radius 3 is 2.80 bits per heavy atom. The summed E-state index contributed by atoms with van der Waals surface area (Å²) >= 11 is 0. The molecule has 1 unspecified atom stereocenters. The molecule has 0 aliphatic carbocycles. The summed E-state index contributed by atoms with van der Waals surface area (Å²) in [4.78, 5) is 33.1. The molecule has 0 radical (unpaired) electrons. The monoisotopic (exact) mass is 280 g/mol. The van der Waals surface area contributed by atoms with E-state index >= 15 is 0 Å². The molecule has 2 amide bonds. The van der Waals surface area contributed by atoms with Crippen molar-refractivity contribution in [3.63, 3.8) is 0 Å². The van der Waals surface area contributed by atoms with Gasteiger partial charge >= 0.3 is 5.97 Å². The molecule has 1 aromatic carbocycles. The van der Waals surface area contributed by atoms with E-state index in [0.29, 0.717) is 12.1 Å². The van der Waals surface area contributed by atoms with Crippen LogP contribution >= 0.6 is 0 Å². The van der Waals surface area contributed by atoms with Crippen molar-refractivity contribution in [1.82, 2.24) is 5.32 Å². The number of hydrogen-bond donors (Lipinski definition) is 3. The van der Waals surface area contributed by atoms with Gasteiger partial charge in [0.1, 0.15) is 11.9 Å². The average Bonchev–Trinajstić information content (AvgIpc) is 2.36. The van der Waals surface area contributed by atoms with E-state index in [0.717, 1.165) is 6.07 Å². The third kappa shape index (κ3) is 3.31. The maximum atomic E-state index is 13.7. The SMILES string of the molecule is O=C(O)Cc1ccc(NC2CCC(=O)NC2=O)cc1F. The van der Waals surface area contributed by atoms with Gasteiger partial charge in [0.2, 0.25) is 11.8 Å². The Labute approximate surface area is 114 Å². The fourth-order valence-corrected chi connectivity index (χ4v) is 1.98. The van der Waals surface area contributed by atoms with Crippen molar-refractivity contribution in [3.05, 3.63) is 29.6 Å². The summed E-state index contributed by atoms with van der Waals surface area (Å²) in [7, 11) is 0. The van der Waals surface area contributed by atoms with Gasteiger partial charge in [0.05, 0.1) is 6.42 Å². The zero-order chi connectivity index (χ0) is 14.7. The van der Waals surface area contributed by atoms with E-state index in [9.17, 15) is 18.8 Å². The average molecular weight is 280 g/mol. The molecule has 3 N–H and O–H groups in total. The Balaban J connectivity index is 2.07. The fraction of sp³-hybridized carbons (Fsp3) is 0.308. The minimum absolute atomic E-state index is 0.0753. The van der Waals surface area contributed by atoms with Crippen LogP contribution in [0.3, 0.4) is 0 Å². The highest BCUT2D eigenvalue weighted by Crippen LogP contribution is 2.18. The first-order chi connectivity index (χ1) is 9.45. The molecule has 7 heteroatoms. The molecule has 0 spiro atoms. The standard InChI is InChI=1S/C13H13FN2O4/c14-9-6-8(2-1-7(9)5-12(18)19)15-10-3-4-11(17)16-13(10)20/h1-2,6,10,15H,3-5H2,(H,18,19)(H,16,17,20). The molecule has 106 valence electrons. The van der Waals surface area contributed by atoms with Crippen LogP contribution in [0.2, 0.25) is 0 Å². The molecule has 2 rings (SSSR count). The quantitative estimate of drug-likeness (QED) is 0.704. The van der Waals surface area contributed by atoms with Crippen molar-refractivity contribution in [1.29, 1.82) is 0 Å². The first kappa shape index (κ1) is 14.0. The largest absolute Gasteiger partial charge is 0.481 e. The van der Waals surface area contributed by atoms with Crippen LogP contribution in [0.4, 0.5) is 10.1 Å². The number of halogens is 1. The Bertz CT molecular complexity index is 573. The number of carbonyl (C=O) groups excluding carboxylic acids is 2. The van der Waals surface area contributed by atoms with Gasteiger partial charge in [-0.25, -0.2) is 4.39 Å². The number of amides is 2. The topological polar surface area (TPSA) is 95.5 Å². The van der Waals surface area contributed by atoms with Gasteiger partial charge in [0, 0.05) is 12.1 Å². The number of carboxylic acid groups (broad SMARTS) is 1. The van der Waals surface area contributed by atoms with Crippen LogP contribution in [0.5, 0.6) is 0 Å². The molecule has 20 heavy (non-hydrogen) atoms. The van der Waals surface area contributed by atoms with Crippen molar-refractivity contribution >= 4 is 23.5 Å². The molecule has 1 aromatic rings. The van der Waals surface area contributed by atoms with Crippen molar-refractivity contribution in [3.8, 4) is 0 Å². The summed E-state index contributed by atoms with van der Waals surface area (Å²) in [5.41, 5.74) is 0.442. The second-order valence-electron chi connectivity index (χ2n) is 4.52. The Morgan fingerprint density at radius 2 is 2.20 bits per heavy atom. The Hall–Kier alpha value is -2.44. The van der Waals surface area contributed by atoms with Crippen LogP contribution in [-0.2, 0) is 20.8 Å². The van der Waals surface area contributed by atoms with E-state index in [1.807, 2.05) is 0 Å². The lowest BCUT2D eigenvalue weighted by Gasteiger charge is -2.22. The third-order valence-corrected chi connectivity index (χ3v) is 2.97. The number of carboxylic acids is 1. The van der Waals surface area contributed by atoms with Crippen molar-refractivity contribution in [2.75, 3.05) is 5.32 Å². The number of hydrogen-bond acceptors (Lipinski definition) is 4. The lowest BCUT2D eigenvalue weighted by Crippen LogP contribution is -2.47. The second-order valence-corrected chi connectivity index (χ2v) is 4.52. The van der Waals surface area contributed by atoms with Crippen LogP contribution in [-0.4, -0.2) is 28.9 Å². The minimum Gasteiger partial charge on any atom is -0.481 e. The minimum atomic E-state index is -1.12. The lowest BCUT2D eigenvalue weighted by molar-refractivity contribution is -0.136. The van der Waals surface area contributed by atoms with Gasteiger partial charge in [0.25, 0.3) is 0 Å². The molecule has 0 saturated carbocycles. The molecule has 1 aliphatic rings. The van der Waals surface area contributed by atoms with E-state index in [2.05, 4.69) is 10.6 Å². The van der Waals surface area contributed by atoms with Gasteiger partial charge in [-0.3, -0.25) is 19.7 Å². The summed E-state index contributed by atoms with van der Waals surface area (Å²) in [6, 6.07) is 3.41. The number of rotatable bonds is 4. The normalized spacial score (nSPS) is 18.6. The summed E-state index contributed by atoms with van der Waals surface area (Å²) in [6.45, 7) is 0. The van der Waals surface area contributed by atoms with Crippen molar-refractivity contribution < 1.29 is 23.9 Å². The van der Waals surface area contributed by atoms with E-state index in [-0.39, 0.29) is 17.9 Å². The molecule has 6 nitrogen and oxygen atoms in total. The van der Waals surface area contributed by atoms with Gasteiger partial charge in [-0.1, -0.05) is 6.07 Å². The summed E-state index contributed by atoms with van der Waals surface area (Å²) in [5.74, 6) is -2.54. The van der Waals surface area contributed by atoms with E-state index in [1.54, 1.807) is 0 Å². The molecule has 0 aromatic heterocycles. The van der Waals surface area contributed by atoms with E-state index in [1.165, 1.54) is 12.1 Å². The molecular weight excluding hydrogens is 267 g/mol. The second kappa shape index (κ2) is 5.68. The summed E-state index contributed by atoms with van der Waals surface area (Å²) in [5, 5.41) is 13.6. The fourth-order valence-electron chi connectivity index (χ4n) is 1.98.